The Morgan fingerprint density at radius 2 is 2.19 bits per heavy atom. The minimum absolute atomic E-state index is 0.0534. The van der Waals surface area contributed by atoms with Gasteiger partial charge in [0.05, 0.1) is 12.5 Å². The number of likely N-dealkylation sites (tertiary alicyclic amines) is 1. The fourth-order valence-corrected chi connectivity index (χ4v) is 2.64. The van der Waals surface area contributed by atoms with Crippen LogP contribution in [0.1, 0.15) is 39.9 Å². The van der Waals surface area contributed by atoms with Gasteiger partial charge >= 0.3 is 0 Å². The summed E-state index contributed by atoms with van der Waals surface area (Å²) in [6.07, 6.45) is 3.92. The van der Waals surface area contributed by atoms with Gasteiger partial charge in [-0.05, 0) is 27.7 Å². The second-order valence-corrected chi connectivity index (χ2v) is 6.42. The standard InChI is InChI=1S/C15H24N4O2/c1-5-18-7-6-16-12(18)9-17-14(21)11-8-13(20)19(10-11)15(2,3)4/h6-7,11H,5,8-10H2,1-4H3,(H,17,21). The third kappa shape index (κ3) is 3.43. The maximum absolute atomic E-state index is 12.2. The molecule has 21 heavy (non-hydrogen) atoms. The fourth-order valence-electron chi connectivity index (χ4n) is 2.64. The Hall–Kier alpha value is -1.85. The predicted octanol–water partition coefficient (Wildman–Crippen LogP) is 1.17. The summed E-state index contributed by atoms with van der Waals surface area (Å²) in [4.78, 5) is 30.2. The molecule has 2 heterocycles. The van der Waals surface area contributed by atoms with Crippen molar-refractivity contribution in [3.05, 3.63) is 18.2 Å². The third-order valence-corrected chi connectivity index (χ3v) is 3.87. The van der Waals surface area contributed by atoms with E-state index in [4.69, 9.17) is 0 Å². The molecule has 1 N–H and O–H groups in total. The lowest BCUT2D eigenvalue weighted by atomic mass is 10.1. The molecule has 0 radical (unpaired) electrons. The summed E-state index contributed by atoms with van der Waals surface area (Å²) >= 11 is 0. The lowest BCUT2D eigenvalue weighted by Gasteiger charge is -2.31. The molecule has 1 fully saturated rings. The Labute approximate surface area is 125 Å². The van der Waals surface area contributed by atoms with Gasteiger partial charge in [-0.25, -0.2) is 4.98 Å². The molecule has 0 spiro atoms. The molecule has 116 valence electrons. The number of hydrogen-bond donors (Lipinski definition) is 1. The van der Waals surface area contributed by atoms with E-state index in [1.54, 1.807) is 11.1 Å². The minimum Gasteiger partial charge on any atom is -0.349 e. The summed E-state index contributed by atoms with van der Waals surface area (Å²) in [6.45, 7) is 9.72. The highest BCUT2D eigenvalue weighted by Crippen LogP contribution is 2.25. The van der Waals surface area contributed by atoms with Crippen LogP contribution < -0.4 is 5.32 Å². The Kier molecular flexibility index (Phi) is 4.34. The van der Waals surface area contributed by atoms with Crippen LogP contribution in [0.15, 0.2) is 12.4 Å². The van der Waals surface area contributed by atoms with E-state index in [1.807, 2.05) is 38.5 Å². The minimum atomic E-state index is -0.262. The molecule has 1 aromatic heterocycles. The number of nitrogens with zero attached hydrogens (tertiary/aromatic N) is 3. The number of aromatic nitrogens is 2. The quantitative estimate of drug-likeness (QED) is 0.905. The van der Waals surface area contributed by atoms with Gasteiger partial charge in [-0.15, -0.1) is 0 Å². The summed E-state index contributed by atoms with van der Waals surface area (Å²) in [5, 5.41) is 2.89. The normalized spacial score (nSPS) is 19.1. The van der Waals surface area contributed by atoms with E-state index in [0.29, 0.717) is 19.5 Å². The van der Waals surface area contributed by atoms with E-state index in [2.05, 4.69) is 10.3 Å². The average molecular weight is 292 g/mol. The number of carbonyl (C=O) groups excluding carboxylic acids is 2. The number of rotatable bonds is 4. The molecule has 1 aliphatic heterocycles. The average Bonchev–Trinajstić information content (AvgIpc) is 3.00. The van der Waals surface area contributed by atoms with Gasteiger partial charge in [-0.2, -0.15) is 0 Å². The SMILES string of the molecule is CCn1ccnc1CNC(=O)C1CC(=O)N(C(C)(C)C)C1. The molecule has 0 saturated carbocycles. The van der Waals surface area contributed by atoms with Gasteiger partial charge in [0, 0.05) is 37.4 Å². The Morgan fingerprint density at radius 3 is 2.76 bits per heavy atom. The van der Waals surface area contributed by atoms with Crippen molar-refractivity contribution in [2.45, 2.75) is 52.7 Å². The van der Waals surface area contributed by atoms with Crippen LogP contribution in [0.25, 0.3) is 0 Å². The van der Waals surface area contributed by atoms with Gasteiger partial charge in [-0.1, -0.05) is 0 Å². The van der Waals surface area contributed by atoms with Crippen molar-refractivity contribution in [2.24, 2.45) is 5.92 Å². The first kappa shape index (κ1) is 15.5. The van der Waals surface area contributed by atoms with E-state index in [-0.39, 0.29) is 23.3 Å². The van der Waals surface area contributed by atoms with E-state index in [1.165, 1.54) is 0 Å². The summed E-state index contributed by atoms with van der Waals surface area (Å²) in [5.74, 6) is 0.558. The highest BCUT2D eigenvalue weighted by Gasteiger charge is 2.39. The number of imidazole rings is 1. The van der Waals surface area contributed by atoms with Crippen molar-refractivity contribution >= 4 is 11.8 Å². The van der Waals surface area contributed by atoms with E-state index in [0.717, 1.165) is 12.4 Å². The summed E-state index contributed by atoms with van der Waals surface area (Å²) in [6, 6.07) is 0. The first-order valence-electron chi connectivity index (χ1n) is 7.41. The largest absolute Gasteiger partial charge is 0.349 e. The summed E-state index contributed by atoms with van der Waals surface area (Å²) < 4.78 is 1.99. The van der Waals surface area contributed by atoms with Crippen molar-refractivity contribution in [2.75, 3.05) is 6.54 Å². The van der Waals surface area contributed by atoms with Crippen LogP contribution in [-0.4, -0.2) is 38.3 Å². The Balaban J connectivity index is 1.92. The molecule has 0 aromatic carbocycles. The lowest BCUT2D eigenvalue weighted by Crippen LogP contribution is -2.43. The lowest BCUT2D eigenvalue weighted by molar-refractivity contribution is -0.132. The van der Waals surface area contributed by atoms with Gasteiger partial charge in [0.15, 0.2) is 0 Å². The third-order valence-electron chi connectivity index (χ3n) is 3.87. The summed E-state index contributed by atoms with van der Waals surface area (Å²) in [5.41, 5.74) is -0.232. The zero-order valence-electron chi connectivity index (χ0n) is 13.2. The Morgan fingerprint density at radius 1 is 1.48 bits per heavy atom. The topological polar surface area (TPSA) is 67.2 Å². The van der Waals surface area contributed by atoms with E-state index < -0.39 is 0 Å². The molecule has 1 unspecified atom stereocenters. The molecule has 2 rings (SSSR count). The van der Waals surface area contributed by atoms with Gasteiger partial charge in [-0.3, -0.25) is 9.59 Å². The van der Waals surface area contributed by atoms with Crippen LogP contribution in [0.3, 0.4) is 0 Å². The van der Waals surface area contributed by atoms with Crippen molar-refractivity contribution < 1.29 is 9.59 Å². The first-order chi connectivity index (χ1) is 9.82. The number of hydrogen-bond acceptors (Lipinski definition) is 3. The maximum Gasteiger partial charge on any atom is 0.225 e. The van der Waals surface area contributed by atoms with E-state index in [9.17, 15) is 9.59 Å². The van der Waals surface area contributed by atoms with Crippen LogP contribution in [0.4, 0.5) is 0 Å². The number of amides is 2. The molecule has 0 bridgehead atoms. The van der Waals surface area contributed by atoms with Gasteiger partial charge in [0.2, 0.25) is 11.8 Å². The number of aryl methyl sites for hydroxylation is 1. The van der Waals surface area contributed by atoms with Crippen LogP contribution in [0.5, 0.6) is 0 Å². The molecule has 0 aliphatic carbocycles. The van der Waals surface area contributed by atoms with Crippen LogP contribution >= 0.6 is 0 Å². The zero-order chi connectivity index (χ0) is 15.6. The molecule has 6 heteroatoms. The van der Waals surface area contributed by atoms with Crippen molar-refractivity contribution in [3.8, 4) is 0 Å². The molecular formula is C15H24N4O2. The molecule has 6 nitrogen and oxygen atoms in total. The number of nitrogens with one attached hydrogen (secondary N) is 1. The highest BCUT2D eigenvalue weighted by atomic mass is 16.2. The zero-order valence-corrected chi connectivity index (χ0v) is 13.2. The fraction of sp³-hybridized carbons (Fsp3) is 0.667. The summed E-state index contributed by atoms with van der Waals surface area (Å²) in [7, 11) is 0. The van der Waals surface area contributed by atoms with Crippen LogP contribution in [0.2, 0.25) is 0 Å². The van der Waals surface area contributed by atoms with Gasteiger partial charge in [0.25, 0.3) is 0 Å². The van der Waals surface area contributed by atoms with Crippen molar-refractivity contribution in [1.82, 2.24) is 19.8 Å². The van der Waals surface area contributed by atoms with Crippen molar-refractivity contribution in [3.63, 3.8) is 0 Å². The Bertz CT molecular complexity index is 530. The maximum atomic E-state index is 12.2. The monoisotopic (exact) mass is 292 g/mol. The number of carbonyl (C=O) groups is 2. The second-order valence-electron chi connectivity index (χ2n) is 6.42. The molecule has 2 amide bonds. The molecule has 1 aromatic rings. The van der Waals surface area contributed by atoms with Crippen LogP contribution in [0, 0.1) is 5.92 Å². The van der Waals surface area contributed by atoms with Gasteiger partial charge < -0.3 is 14.8 Å². The molecule has 1 atom stereocenters. The smallest absolute Gasteiger partial charge is 0.225 e. The van der Waals surface area contributed by atoms with Crippen LogP contribution in [-0.2, 0) is 22.7 Å². The molecular weight excluding hydrogens is 268 g/mol. The van der Waals surface area contributed by atoms with Crippen molar-refractivity contribution in [1.29, 1.82) is 0 Å². The molecule has 1 saturated heterocycles. The van der Waals surface area contributed by atoms with E-state index >= 15 is 0 Å². The van der Waals surface area contributed by atoms with Gasteiger partial charge in [0.1, 0.15) is 5.82 Å². The first-order valence-corrected chi connectivity index (χ1v) is 7.41. The highest BCUT2D eigenvalue weighted by molar-refractivity contribution is 5.89. The molecule has 1 aliphatic rings. The predicted molar refractivity (Wildman–Crippen MR) is 79.3 cm³/mol. The second kappa shape index (κ2) is 5.87.